The Bertz CT molecular complexity index is 1130. The van der Waals surface area contributed by atoms with Crippen molar-refractivity contribution < 1.29 is 22.4 Å². The van der Waals surface area contributed by atoms with E-state index in [4.69, 9.17) is 25.6 Å². The highest BCUT2D eigenvalue weighted by Crippen LogP contribution is 2.30. The molecule has 0 amide bonds. The van der Waals surface area contributed by atoms with E-state index in [1.165, 1.54) is 25.3 Å². The number of ether oxygens (including phenoxy) is 2. The standard InChI is InChI=1S/C20H20ClN3O5S/c1-4-11-24(30(25,26)18-12-15(21)7-10-17(18)28-3)13-19-22-20(23-29-19)14-5-8-16(27-2)9-6-14/h4-10,12H,1,11,13H2,2-3H3. The first-order chi connectivity index (χ1) is 14.4. The van der Waals surface area contributed by atoms with E-state index in [0.717, 1.165) is 4.31 Å². The summed E-state index contributed by atoms with van der Waals surface area (Å²) in [5.41, 5.74) is 0.709. The Labute approximate surface area is 179 Å². The number of sulfonamides is 1. The molecule has 1 aromatic heterocycles. The summed E-state index contributed by atoms with van der Waals surface area (Å²) >= 11 is 6.01. The maximum absolute atomic E-state index is 13.2. The lowest BCUT2D eigenvalue weighted by atomic mass is 10.2. The minimum Gasteiger partial charge on any atom is -0.497 e. The second kappa shape index (κ2) is 9.29. The van der Waals surface area contributed by atoms with Gasteiger partial charge in [-0.05, 0) is 42.5 Å². The molecule has 30 heavy (non-hydrogen) atoms. The van der Waals surface area contributed by atoms with Gasteiger partial charge < -0.3 is 14.0 Å². The van der Waals surface area contributed by atoms with Gasteiger partial charge in [-0.15, -0.1) is 6.58 Å². The normalized spacial score (nSPS) is 11.5. The summed E-state index contributed by atoms with van der Waals surface area (Å²) in [6.07, 6.45) is 1.47. The molecule has 3 aromatic rings. The number of hydrogen-bond acceptors (Lipinski definition) is 7. The third-order valence-electron chi connectivity index (χ3n) is 4.20. The van der Waals surface area contributed by atoms with Crippen LogP contribution in [0, 0.1) is 0 Å². The van der Waals surface area contributed by atoms with Crippen LogP contribution in [0.5, 0.6) is 11.5 Å². The van der Waals surface area contributed by atoms with Gasteiger partial charge in [-0.2, -0.15) is 9.29 Å². The van der Waals surface area contributed by atoms with Crippen molar-refractivity contribution in [2.24, 2.45) is 0 Å². The van der Waals surface area contributed by atoms with Gasteiger partial charge in [0.05, 0.1) is 20.8 Å². The Kier molecular flexibility index (Phi) is 6.76. The summed E-state index contributed by atoms with van der Waals surface area (Å²) in [6.45, 7) is 3.52. The molecule has 0 spiro atoms. The van der Waals surface area contributed by atoms with Gasteiger partial charge in [0.25, 0.3) is 0 Å². The predicted octanol–water partition coefficient (Wildman–Crippen LogP) is 3.78. The molecule has 0 aliphatic rings. The minimum atomic E-state index is -3.98. The first-order valence-electron chi connectivity index (χ1n) is 8.80. The summed E-state index contributed by atoms with van der Waals surface area (Å²) in [5.74, 6) is 1.34. The van der Waals surface area contributed by atoms with Gasteiger partial charge in [-0.1, -0.05) is 22.8 Å². The highest BCUT2D eigenvalue weighted by Gasteiger charge is 2.29. The summed E-state index contributed by atoms with van der Waals surface area (Å²) in [4.78, 5) is 4.25. The summed E-state index contributed by atoms with van der Waals surface area (Å²) in [5, 5.41) is 4.21. The van der Waals surface area contributed by atoms with Crippen molar-refractivity contribution in [2.45, 2.75) is 11.4 Å². The smallest absolute Gasteiger partial charge is 0.247 e. The zero-order valence-corrected chi connectivity index (χ0v) is 18.0. The molecule has 2 aromatic carbocycles. The Hall–Kier alpha value is -2.88. The number of aromatic nitrogens is 2. The molecule has 0 atom stereocenters. The first-order valence-corrected chi connectivity index (χ1v) is 10.6. The molecule has 0 N–H and O–H groups in total. The maximum atomic E-state index is 13.2. The fraction of sp³-hybridized carbons (Fsp3) is 0.200. The molecule has 0 saturated heterocycles. The molecule has 3 rings (SSSR count). The molecule has 158 valence electrons. The van der Waals surface area contributed by atoms with Gasteiger partial charge in [0.1, 0.15) is 16.4 Å². The van der Waals surface area contributed by atoms with E-state index in [1.807, 2.05) is 0 Å². The molecule has 0 bridgehead atoms. The number of halogens is 1. The maximum Gasteiger partial charge on any atom is 0.247 e. The van der Waals surface area contributed by atoms with E-state index in [1.54, 1.807) is 37.4 Å². The number of hydrogen-bond donors (Lipinski definition) is 0. The summed E-state index contributed by atoms with van der Waals surface area (Å²) in [7, 11) is -1.02. The first kappa shape index (κ1) is 21.8. The molecule has 0 radical (unpaired) electrons. The lowest BCUT2D eigenvalue weighted by molar-refractivity contribution is 0.325. The van der Waals surface area contributed by atoms with Crippen LogP contribution in [0.1, 0.15) is 5.89 Å². The second-order valence-corrected chi connectivity index (χ2v) is 8.46. The van der Waals surface area contributed by atoms with Crippen LogP contribution in [0.15, 0.2) is 64.5 Å². The topological polar surface area (TPSA) is 94.8 Å². The Balaban J connectivity index is 1.90. The quantitative estimate of drug-likeness (QED) is 0.458. The van der Waals surface area contributed by atoms with E-state index in [0.29, 0.717) is 17.1 Å². The van der Waals surface area contributed by atoms with Crippen molar-refractivity contribution in [3.63, 3.8) is 0 Å². The summed E-state index contributed by atoms with van der Waals surface area (Å²) in [6, 6.07) is 11.5. The molecular weight excluding hydrogens is 430 g/mol. The van der Waals surface area contributed by atoms with Crippen LogP contribution in [-0.4, -0.2) is 43.6 Å². The zero-order chi connectivity index (χ0) is 21.7. The van der Waals surface area contributed by atoms with Crippen LogP contribution < -0.4 is 9.47 Å². The largest absolute Gasteiger partial charge is 0.497 e. The fourth-order valence-electron chi connectivity index (χ4n) is 2.71. The van der Waals surface area contributed by atoms with E-state index in [2.05, 4.69) is 16.7 Å². The minimum absolute atomic E-state index is 0.0260. The van der Waals surface area contributed by atoms with Gasteiger partial charge in [-0.25, -0.2) is 8.42 Å². The molecule has 0 saturated carbocycles. The van der Waals surface area contributed by atoms with E-state index in [9.17, 15) is 8.42 Å². The van der Waals surface area contributed by atoms with Gasteiger partial charge in [0.2, 0.25) is 21.7 Å². The van der Waals surface area contributed by atoms with Crippen molar-refractivity contribution in [3.05, 3.63) is 66.0 Å². The molecule has 0 unspecified atom stereocenters. The average molecular weight is 450 g/mol. The molecule has 0 fully saturated rings. The fourth-order valence-corrected chi connectivity index (χ4v) is 4.49. The average Bonchev–Trinajstić information content (AvgIpc) is 3.22. The van der Waals surface area contributed by atoms with Crippen LogP contribution in [0.4, 0.5) is 0 Å². The van der Waals surface area contributed by atoms with Crippen LogP contribution >= 0.6 is 11.6 Å². The van der Waals surface area contributed by atoms with Gasteiger partial charge >= 0.3 is 0 Å². The number of benzene rings is 2. The third-order valence-corrected chi connectivity index (χ3v) is 6.27. The van der Waals surface area contributed by atoms with E-state index in [-0.39, 0.29) is 34.6 Å². The van der Waals surface area contributed by atoms with Gasteiger partial charge in [-0.3, -0.25) is 0 Å². The predicted molar refractivity (Wildman–Crippen MR) is 112 cm³/mol. The molecular formula is C20H20ClN3O5S. The van der Waals surface area contributed by atoms with Crippen molar-refractivity contribution >= 4 is 21.6 Å². The van der Waals surface area contributed by atoms with Crippen molar-refractivity contribution in [3.8, 4) is 22.9 Å². The Morgan fingerprint density at radius 3 is 2.53 bits per heavy atom. The van der Waals surface area contributed by atoms with Gasteiger partial charge in [0, 0.05) is 17.1 Å². The monoisotopic (exact) mass is 449 g/mol. The zero-order valence-electron chi connectivity index (χ0n) is 16.4. The van der Waals surface area contributed by atoms with Crippen molar-refractivity contribution in [1.82, 2.24) is 14.4 Å². The van der Waals surface area contributed by atoms with E-state index < -0.39 is 10.0 Å². The Morgan fingerprint density at radius 1 is 1.17 bits per heavy atom. The van der Waals surface area contributed by atoms with Crippen LogP contribution in [-0.2, 0) is 16.6 Å². The Morgan fingerprint density at radius 2 is 1.90 bits per heavy atom. The molecule has 1 heterocycles. The van der Waals surface area contributed by atoms with Crippen LogP contribution in [0.2, 0.25) is 5.02 Å². The second-order valence-electron chi connectivity index (χ2n) is 6.12. The molecule has 10 heteroatoms. The number of rotatable bonds is 9. The molecule has 0 aliphatic carbocycles. The van der Waals surface area contributed by atoms with Crippen molar-refractivity contribution in [2.75, 3.05) is 20.8 Å². The highest BCUT2D eigenvalue weighted by molar-refractivity contribution is 7.89. The van der Waals surface area contributed by atoms with Gasteiger partial charge in [0.15, 0.2) is 0 Å². The van der Waals surface area contributed by atoms with Crippen LogP contribution in [0.25, 0.3) is 11.4 Å². The lowest BCUT2D eigenvalue weighted by Crippen LogP contribution is -2.31. The van der Waals surface area contributed by atoms with E-state index >= 15 is 0 Å². The molecule has 8 nitrogen and oxygen atoms in total. The van der Waals surface area contributed by atoms with Crippen molar-refractivity contribution in [1.29, 1.82) is 0 Å². The SMILES string of the molecule is C=CCN(Cc1nc(-c2ccc(OC)cc2)no1)S(=O)(=O)c1cc(Cl)ccc1OC. The molecule has 0 aliphatic heterocycles. The summed E-state index contributed by atoms with van der Waals surface area (Å²) < 4.78 is 43.2. The number of nitrogens with zero attached hydrogens (tertiary/aromatic N) is 3. The lowest BCUT2D eigenvalue weighted by Gasteiger charge is -2.20. The third kappa shape index (κ3) is 4.64. The highest BCUT2D eigenvalue weighted by atomic mass is 35.5. The number of methoxy groups -OCH3 is 2. The van der Waals surface area contributed by atoms with Crippen LogP contribution in [0.3, 0.4) is 0 Å².